The number of esters is 1. The average molecular weight is 229 g/mol. The highest BCUT2D eigenvalue weighted by Gasteiger charge is 2.10. The highest BCUT2D eigenvalue weighted by Crippen LogP contribution is 2.09. The summed E-state index contributed by atoms with van der Waals surface area (Å²) in [6.45, 7) is 5.79. The highest BCUT2D eigenvalue weighted by molar-refractivity contribution is 7.80. The molecule has 1 aromatic rings. The van der Waals surface area contributed by atoms with Crippen molar-refractivity contribution in [2.75, 3.05) is 0 Å². The van der Waals surface area contributed by atoms with E-state index in [1.165, 1.54) is 4.68 Å². The number of thiol groups is 1. The molecule has 0 aliphatic heterocycles. The van der Waals surface area contributed by atoms with Crippen LogP contribution in [-0.2, 0) is 16.1 Å². The first-order valence-electron chi connectivity index (χ1n) is 4.76. The standard InChI is InChI=1S/C9H15N3O2S/c1-6(2)8-4-12(11-10-8)5-9(13)14-7(3)15/h4,6-7,15H,5H2,1-3H3. The van der Waals surface area contributed by atoms with Gasteiger partial charge >= 0.3 is 5.97 Å². The molecular formula is C9H15N3O2S. The second-order valence-electron chi connectivity index (χ2n) is 3.58. The van der Waals surface area contributed by atoms with Crippen molar-refractivity contribution in [3.05, 3.63) is 11.9 Å². The molecule has 1 aromatic heterocycles. The van der Waals surface area contributed by atoms with Gasteiger partial charge in [0.1, 0.15) is 12.0 Å². The summed E-state index contributed by atoms with van der Waals surface area (Å²) < 4.78 is 6.33. The van der Waals surface area contributed by atoms with E-state index in [1.807, 2.05) is 13.8 Å². The van der Waals surface area contributed by atoms with Crippen molar-refractivity contribution in [3.8, 4) is 0 Å². The van der Waals surface area contributed by atoms with Crippen LogP contribution in [0, 0.1) is 0 Å². The molecule has 1 heterocycles. The van der Waals surface area contributed by atoms with Crippen LogP contribution in [0.3, 0.4) is 0 Å². The van der Waals surface area contributed by atoms with Gasteiger partial charge in [-0.2, -0.15) is 0 Å². The van der Waals surface area contributed by atoms with Crippen molar-refractivity contribution < 1.29 is 9.53 Å². The first-order valence-corrected chi connectivity index (χ1v) is 5.28. The number of rotatable bonds is 4. The second-order valence-corrected chi connectivity index (χ2v) is 4.31. The van der Waals surface area contributed by atoms with Gasteiger partial charge in [-0.05, 0) is 12.8 Å². The van der Waals surface area contributed by atoms with E-state index in [4.69, 9.17) is 4.74 Å². The fourth-order valence-electron chi connectivity index (χ4n) is 1.01. The lowest BCUT2D eigenvalue weighted by molar-refractivity contribution is -0.145. The number of carbonyl (C=O) groups excluding carboxylic acids is 1. The van der Waals surface area contributed by atoms with E-state index in [-0.39, 0.29) is 12.5 Å². The van der Waals surface area contributed by atoms with Gasteiger partial charge in [-0.15, -0.1) is 17.7 Å². The molecule has 0 saturated heterocycles. The molecular weight excluding hydrogens is 214 g/mol. The van der Waals surface area contributed by atoms with Gasteiger partial charge in [-0.1, -0.05) is 19.1 Å². The zero-order chi connectivity index (χ0) is 11.4. The first-order chi connectivity index (χ1) is 6.99. The summed E-state index contributed by atoms with van der Waals surface area (Å²) in [5.74, 6) is -0.0590. The van der Waals surface area contributed by atoms with Gasteiger partial charge in [0.25, 0.3) is 0 Å². The number of nitrogens with zero attached hydrogens (tertiary/aromatic N) is 3. The minimum Gasteiger partial charge on any atom is -0.450 e. The first kappa shape index (κ1) is 12.0. The molecule has 0 N–H and O–H groups in total. The van der Waals surface area contributed by atoms with Gasteiger partial charge < -0.3 is 4.74 Å². The van der Waals surface area contributed by atoms with Crippen LogP contribution >= 0.6 is 12.6 Å². The number of carbonyl (C=O) groups is 1. The Morgan fingerprint density at radius 2 is 2.27 bits per heavy atom. The van der Waals surface area contributed by atoms with Crippen LogP contribution in [0.5, 0.6) is 0 Å². The van der Waals surface area contributed by atoms with Crippen LogP contribution in [0.15, 0.2) is 6.20 Å². The topological polar surface area (TPSA) is 57.0 Å². The molecule has 1 unspecified atom stereocenters. The summed E-state index contributed by atoms with van der Waals surface area (Å²) in [4.78, 5) is 11.2. The zero-order valence-corrected chi connectivity index (χ0v) is 9.94. The van der Waals surface area contributed by atoms with E-state index in [2.05, 4.69) is 22.9 Å². The minimum atomic E-state index is -0.398. The van der Waals surface area contributed by atoms with Crippen LogP contribution in [-0.4, -0.2) is 26.4 Å². The lowest BCUT2D eigenvalue weighted by atomic mass is 10.2. The molecule has 0 amide bonds. The number of ether oxygens (including phenoxy) is 1. The van der Waals surface area contributed by atoms with Gasteiger partial charge in [-0.3, -0.25) is 4.79 Å². The van der Waals surface area contributed by atoms with Crippen LogP contribution in [0.4, 0.5) is 0 Å². The molecule has 0 aliphatic carbocycles. The Labute approximate surface area is 94.2 Å². The fraction of sp³-hybridized carbons (Fsp3) is 0.667. The molecule has 15 heavy (non-hydrogen) atoms. The van der Waals surface area contributed by atoms with Crippen LogP contribution in [0.2, 0.25) is 0 Å². The van der Waals surface area contributed by atoms with Crippen LogP contribution in [0.1, 0.15) is 32.4 Å². The Bertz CT molecular complexity index is 336. The van der Waals surface area contributed by atoms with E-state index in [1.54, 1.807) is 13.1 Å². The van der Waals surface area contributed by atoms with Crippen molar-refractivity contribution in [1.82, 2.24) is 15.0 Å². The summed E-state index contributed by atoms with van der Waals surface area (Å²) >= 11 is 3.95. The number of hydrogen-bond donors (Lipinski definition) is 1. The average Bonchev–Trinajstić information content (AvgIpc) is 2.50. The molecule has 0 fully saturated rings. The maximum Gasteiger partial charge on any atom is 0.328 e. The fourth-order valence-corrected chi connectivity index (χ4v) is 1.13. The monoisotopic (exact) mass is 229 g/mol. The van der Waals surface area contributed by atoms with Gasteiger partial charge in [0.15, 0.2) is 0 Å². The predicted octanol–water partition coefficient (Wildman–Crippen LogP) is 1.22. The molecule has 1 rings (SSSR count). The molecule has 1 atom stereocenters. The normalized spacial score (nSPS) is 12.9. The van der Waals surface area contributed by atoms with Crippen LogP contribution < -0.4 is 0 Å². The summed E-state index contributed by atoms with van der Waals surface area (Å²) in [7, 11) is 0. The molecule has 6 heteroatoms. The molecule has 0 spiro atoms. The quantitative estimate of drug-likeness (QED) is 0.479. The molecule has 0 radical (unpaired) electrons. The lowest BCUT2D eigenvalue weighted by Crippen LogP contribution is -2.16. The van der Waals surface area contributed by atoms with Crippen molar-refractivity contribution in [1.29, 1.82) is 0 Å². The Morgan fingerprint density at radius 1 is 1.60 bits per heavy atom. The number of hydrogen-bond acceptors (Lipinski definition) is 5. The van der Waals surface area contributed by atoms with Gasteiger partial charge in [0, 0.05) is 6.20 Å². The summed E-state index contributed by atoms with van der Waals surface area (Å²) in [5.41, 5.74) is 0.465. The highest BCUT2D eigenvalue weighted by atomic mass is 32.1. The van der Waals surface area contributed by atoms with Crippen LogP contribution in [0.25, 0.3) is 0 Å². The Balaban J connectivity index is 2.53. The van der Waals surface area contributed by atoms with E-state index in [0.717, 1.165) is 5.69 Å². The van der Waals surface area contributed by atoms with Crippen molar-refractivity contribution in [3.63, 3.8) is 0 Å². The number of aromatic nitrogens is 3. The Hall–Kier alpha value is -1.04. The molecule has 0 bridgehead atoms. The molecule has 5 nitrogen and oxygen atoms in total. The largest absolute Gasteiger partial charge is 0.450 e. The zero-order valence-electron chi connectivity index (χ0n) is 9.04. The minimum absolute atomic E-state index is 0.0740. The van der Waals surface area contributed by atoms with Gasteiger partial charge in [0.05, 0.1) is 5.69 Å². The molecule has 0 saturated carbocycles. The van der Waals surface area contributed by atoms with Gasteiger partial charge in [0.2, 0.25) is 0 Å². The molecule has 84 valence electrons. The van der Waals surface area contributed by atoms with Crippen molar-refractivity contribution in [2.24, 2.45) is 0 Å². The van der Waals surface area contributed by atoms with E-state index >= 15 is 0 Å². The second kappa shape index (κ2) is 5.16. The maximum absolute atomic E-state index is 11.2. The Morgan fingerprint density at radius 3 is 2.73 bits per heavy atom. The van der Waals surface area contributed by atoms with E-state index in [0.29, 0.717) is 5.92 Å². The lowest BCUT2D eigenvalue weighted by Gasteiger charge is -2.06. The van der Waals surface area contributed by atoms with E-state index < -0.39 is 5.44 Å². The van der Waals surface area contributed by atoms with Crippen molar-refractivity contribution in [2.45, 2.75) is 38.7 Å². The summed E-state index contributed by atoms with van der Waals surface area (Å²) in [5, 5.41) is 7.76. The SMILES string of the molecule is CC(S)OC(=O)Cn1cc(C(C)C)nn1. The third-order valence-corrected chi connectivity index (χ3v) is 1.85. The third kappa shape index (κ3) is 3.91. The van der Waals surface area contributed by atoms with E-state index in [9.17, 15) is 4.79 Å². The summed E-state index contributed by atoms with van der Waals surface area (Å²) in [6, 6.07) is 0. The Kier molecular flexibility index (Phi) is 4.14. The summed E-state index contributed by atoms with van der Waals surface area (Å²) in [6.07, 6.45) is 1.75. The van der Waals surface area contributed by atoms with Gasteiger partial charge in [-0.25, -0.2) is 4.68 Å². The van der Waals surface area contributed by atoms with Crippen molar-refractivity contribution >= 4 is 18.6 Å². The smallest absolute Gasteiger partial charge is 0.328 e. The maximum atomic E-state index is 11.2. The third-order valence-electron chi connectivity index (χ3n) is 1.74. The molecule has 0 aromatic carbocycles. The predicted molar refractivity (Wildman–Crippen MR) is 58.7 cm³/mol. The molecule has 0 aliphatic rings.